The molecule has 2 rings (SSSR count). The Morgan fingerprint density at radius 1 is 1.47 bits per heavy atom. The number of nitrogens with zero attached hydrogens (tertiary/aromatic N) is 1. The molecule has 1 aliphatic heterocycles. The maximum atomic E-state index is 9.53. The Labute approximate surface area is 91.5 Å². The van der Waals surface area contributed by atoms with E-state index in [4.69, 9.17) is 0 Å². The van der Waals surface area contributed by atoms with Crippen molar-refractivity contribution in [2.45, 2.75) is 25.4 Å². The summed E-state index contributed by atoms with van der Waals surface area (Å²) in [5.74, 6) is 0.647. The predicted molar refractivity (Wildman–Crippen MR) is 61.9 cm³/mol. The van der Waals surface area contributed by atoms with E-state index in [1.165, 1.54) is 18.5 Å². The van der Waals surface area contributed by atoms with Crippen LogP contribution < -0.4 is 0 Å². The van der Waals surface area contributed by atoms with Gasteiger partial charge >= 0.3 is 0 Å². The second-order valence-corrected chi connectivity index (χ2v) is 4.59. The Morgan fingerprint density at radius 3 is 2.87 bits per heavy atom. The number of aliphatic hydroxyl groups excluding tert-OH is 1. The molecular weight excluding hydrogens is 186 g/mol. The molecule has 2 atom stereocenters. The van der Waals surface area contributed by atoms with E-state index in [2.05, 4.69) is 30.1 Å². The van der Waals surface area contributed by atoms with Gasteiger partial charge in [-0.15, -0.1) is 0 Å². The first-order valence-electron chi connectivity index (χ1n) is 5.63. The fourth-order valence-electron chi connectivity index (χ4n) is 2.28. The summed E-state index contributed by atoms with van der Waals surface area (Å²) in [7, 11) is 2.17. The van der Waals surface area contributed by atoms with Crippen molar-refractivity contribution < 1.29 is 5.11 Å². The first-order valence-corrected chi connectivity index (χ1v) is 5.63. The van der Waals surface area contributed by atoms with Gasteiger partial charge < -0.3 is 10.0 Å². The molecule has 15 heavy (non-hydrogen) atoms. The molecule has 1 saturated heterocycles. The minimum Gasteiger partial charge on any atom is -0.389 e. The second-order valence-electron chi connectivity index (χ2n) is 4.59. The first-order chi connectivity index (χ1) is 7.16. The topological polar surface area (TPSA) is 23.5 Å². The van der Waals surface area contributed by atoms with Gasteiger partial charge in [-0.2, -0.15) is 0 Å². The number of likely N-dealkylation sites (tertiary alicyclic amines) is 1. The monoisotopic (exact) mass is 205 g/mol. The summed E-state index contributed by atoms with van der Waals surface area (Å²) in [6.07, 6.45) is 0.879. The maximum Gasteiger partial charge on any atom is 0.0762 e. The van der Waals surface area contributed by atoms with Crippen LogP contribution in [0.15, 0.2) is 24.3 Å². The summed E-state index contributed by atoms with van der Waals surface area (Å²) < 4.78 is 0. The Balaban J connectivity index is 2.18. The van der Waals surface area contributed by atoms with Gasteiger partial charge in [0.05, 0.1) is 6.10 Å². The van der Waals surface area contributed by atoms with E-state index in [-0.39, 0.29) is 6.10 Å². The summed E-state index contributed by atoms with van der Waals surface area (Å²) in [5.41, 5.74) is 2.40. The van der Waals surface area contributed by atoms with Gasteiger partial charge in [0.25, 0.3) is 0 Å². The lowest BCUT2D eigenvalue weighted by atomic mass is 9.95. The van der Waals surface area contributed by atoms with Crippen molar-refractivity contribution in [2.24, 2.45) is 0 Å². The lowest BCUT2D eigenvalue weighted by Crippen LogP contribution is -2.13. The van der Waals surface area contributed by atoms with E-state index in [1.807, 2.05) is 13.0 Å². The molecule has 2 heteroatoms. The van der Waals surface area contributed by atoms with Gasteiger partial charge in [0, 0.05) is 6.54 Å². The van der Waals surface area contributed by atoms with Crippen molar-refractivity contribution in [1.82, 2.24) is 4.90 Å². The molecule has 1 N–H and O–H groups in total. The molecule has 1 aromatic rings. The molecule has 0 aromatic heterocycles. The summed E-state index contributed by atoms with van der Waals surface area (Å²) in [6.45, 7) is 4.15. The van der Waals surface area contributed by atoms with Gasteiger partial charge in [-0.05, 0) is 44.0 Å². The van der Waals surface area contributed by atoms with Crippen molar-refractivity contribution in [3.63, 3.8) is 0 Å². The Kier molecular flexibility index (Phi) is 3.08. The van der Waals surface area contributed by atoms with Crippen LogP contribution in [0.5, 0.6) is 0 Å². The normalized spacial score (nSPS) is 24.3. The highest BCUT2D eigenvalue weighted by Gasteiger charge is 2.21. The minimum absolute atomic E-state index is 0.357. The Morgan fingerprint density at radius 2 is 2.27 bits per heavy atom. The van der Waals surface area contributed by atoms with Gasteiger partial charge in [0.15, 0.2) is 0 Å². The molecule has 2 nitrogen and oxygen atoms in total. The summed E-state index contributed by atoms with van der Waals surface area (Å²) >= 11 is 0. The molecule has 0 radical (unpaired) electrons. The molecule has 0 bridgehead atoms. The number of hydrogen-bond acceptors (Lipinski definition) is 2. The first kappa shape index (κ1) is 10.7. The van der Waals surface area contributed by atoms with Crippen LogP contribution in [0, 0.1) is 0 Å². The number of likely N-dealkylation sites (N-methyl/N-ethyl adjacent to an activating group) is 1. The van der Waals surface area contributed by atoms with E-state index in [0.717, 1.165) is 12.1 Å². The van der Waals surface area contributed by atoms with E-state index in [9.17, 15) is 5.11 Å². The molecule has 0 amide bonds. The SMILES string of the molecule is CC(O)c1cccc(C2CCN(C)C2)c1. The molecule has 0 spiro atoms. The number of aliphatic hydroxyl groups is 1. The van der Waals surface area contributed by atoms with Gasteiger partial charge in [0.1, 0.15) is 0 Å². The molecule has 1 aromatic carbocycles. The van der Waals surface area contributed by atoms with Gasteiger partial charge in [-0.3, -0.25) is 0 Å². The number of hydrogen-bond donors (Lipinski definition) is 1. The van der Waals surface area contributed by atoms with Crippen molar-refractivity contribution in [2.75, 3.05) is 20.1 Å². The van der Waals surface area contributed by atoms with E-state index < -0.39 is 0 Å². The number of rotatable bonds is 2. The fraction of sp³-hybridized carbons (Fsp3) is 0.538. The highest BCUT2D eigenvalue weighted by molar-refractivity contribution is 5.28. The summed E-state index contributed by atoms with van der Waals surface area (Å²) in [5, 5.41) is 9.53. The van der Waals surface area contributed by atoms with Crippen LogP contribution in [0.4, 0.5) is 0 Å². The lowest BCUT2D eigenvalue weighted by Gasteiger charge is -2.13. The third-order valence-electron chi connectivity index (χ3n) is 3.26. The molecule has 1 aliphatic rings. The largest absolute Gasteiger partial charge is 0.389 e. The zero-order valence-electron chi connectivity index (χ0n) is 9.48. The fourth-order valence-corrected chi connectivity index (χ4v) is 2.28. The van der Waals surface area contributed by atoms with Crippen LogP contribution in [0.25, 0.3) is 0 Å². The maximum absolute atomic E-state index is 9.53. The van der Waals surface area contributed by atoms with Crippen LogP contribution in [0.1, 0.15) is 36.5 Å². The average Bonchev–Trinajstić information content (AvgIpc) is 2.65. The summed E-state index contributed by atoms with van der Waals surface area (Å²) in [6, 6.07) is 8.37. The van der Waals surface area contributed by atoms with Crippen molar-refractivity contribution in [3.8, 4) is 0 Å². The smallest absolute Gasteiger partial charge is 0.0762 e. The molecule has 1 fully saturated rings. The molecule has 2 unspecified atom stereocenters. The summed E-state index contributed by atoms with van der Waals surface area (Å²) in [4.78, 5) is 2.36. The zero-order chi connectivity index (χ0) is 10.8. The van der Waals surface area contributed by atoms with Crippen LogP contribution in [0.3, 0.4) is 0 Å². The van der Waals surface area contributed by atoms with Gasteiger partial charge in [-0.25, -0.2) is 0 Å². The molecule has 82 valence electrons. The van der Waals surface area contributed by atoms with E-state index >= 15 is 0 Å². The molecule has 1 heterocycles. The van der Waals surface area contributed by atoms with Crippen LogP contribution in [-0.2, 0) is 0 Å². The Bertz CT molecular complexity index is 335. The third-order valence-corrected chi connectivity index (χ3v) is 3.26. The standard InChI is InChI=1S/C13H19NO/c1-10(15)11-4-3-5-12(8-11)13-6-7-14(2)9-13/h3-5,8,10,13,15H,6-7,9H2,1-2H3. The van der Waals surface area contributed by atoms with E-state index in [0.29, 0.717) is 5.92 Å². The minimum atomic E-state index is -0.357. The quantitative estimate of drug-likeness (QED) is 0.799. The molecular formula is C13H19NO. The van der Waals surface area contributed by atoms with Crippen LogP contribution in [-0.4, -0.2) is 30.1 Å². The predicted octanol–water partition coefficient (Wildman–Crippen LogP) is 2.16. The van der Waals surface area contributed by atoms with Crippen molar-refractivity contribution in [3.05, 3.63) is 35.4 Å². The highest BCUT2D eigenvalue weighted by atomic mass is 16.3. The van der Waals surface area contributed by atoms with Gasteiger partial charge in [-0.1, -0.05) is 24.3 Å². The third kappa shape index (κ3) is 2.39. The van der Waals surface area contributed by atoms with E-state index in [1.54, 1.807) is 0 Å². The number of benzene rings is 1. The Hall–Kier alpha value is -0.860. The van der Waals surface area contributed by atoms with Gasteiger partial charge in [0.2, 0.25) is 0 Å². The van der Waals surface area contributed by atoms with Crippen LogP contribution >= 0.6 is 0 Å². The average molecular weight is 205 g/mol. The lowest BCUT2D eigenvalue weighted by molar-refractivity contribution is 0.199. The van der Waals surface area contributed by atoms with Crippen molar-refractivity contribution in [1.29, 1.82) is 0 Å². The second kappa shape index (κ2) is 4.33. The van der Waals surface area contributed by atoms with Crippen LogP contribution in [0.2, 0.25) is 0 Å². The molecule has 0 saturated carbocycles. The highest BCUT2D eigenvalue weighted by Crippen LogP contribution is 2.27. The van der Waals surface area contributed by atoms with Crippen molar-refractivity contribution >= 4 is 0 Å². The zero-order valence-corrected chi connectivity index (χ0v) is 9.48. The molecule has 0 aliphatic carbocycles.